The molecule has 8 nitrogen and oxygen atoms in total. The summed E-state index contributed by atoms with van der Waals surface area (Å²) in [5.41, 5.74) is -0.659. The standard InChI is InChI=1S/C13H20N6O2/c1-9(2)19-11(5-6-14-19)15-12(20)8-18-7-10(16-17-18)13(3,4)21/h5-7,9,21H,8H2,1-4H3,(H,15,20). The molecule has 0 unspecified atom stereocenters. The Labute approximate surface area is 122 Å². The average molecular weight is 292 g/mol. The molecule has 0 aromatic carbocycles. The summed E-state index contributed by atoms with van der Waals surface area (Å²) in [6.45, 7) is 7.21. The molecule has 0 saturated carbocycles. The van der Waals surface area contributed by atoms with Crippen LogP contribution in [0.1, 0.15) is 39.4 Å². The summed E-state index contributed by atoms with van der Waals surface area (Å²) in [5, 5.41) is 24.4. The van der Waals surface area contributed by atoms with E-state index in [1.807, 2.05) is 13.8 Å². The highest BCUT2D eigenvalue weighted by Crippen LogP contribution is 2.16. The molecule has 0 aliphatic rings. The molecule has 2 aromatic heterocycles. The van der Waals surface area contributed by atoms with Crippen LogP contribution in [-0.4, -0.2) is 35.8 Å². The predicted molar refractivity (Wildman–Crippen MR) is 76.5 cm³/mol. The molecular weight excluding hydrogens is 272 g/mol. The molecule has 0 aliphatic carbocycles. The average Bonchev–Trinajstić information content (AvgIpc) is 2.96. The van der Waals surface area contributed by atoms with Crippen LogP contribution in [0.15, 0.2) is 18.5 Å². The third kappa shape index (κ3) is 3.66. The van der Waals surface area contributed by atoms with Crippen LogP contribution < -0.4 is 5.32 Å². The first-order valence-electron chi connectivity index (χ1n) is 6.73. The molecule has 2 N–H and O–H groups in total. The first kappa shape index (κ1) is 15.2. The van der Waals surface area contributed by atoms with Crippen LogP contribution in [-0.2, 0) is 16.9 Å². The van der Waals surface area contributed by atoms with Gasteiger partial charge in [-0.05, 0) is 27.7 Å². The van der Waals surface area contributed by atoms with Gasteiger partial charge in [0.15, 0.2) is 0 Å². The number of nitrogens with zero attached hydrogens (tertiary/aromatic N) is 5. The lowest BCUT2D eigenvalue weighted by molar-refractivity contribution is -0.117. The zero-order chi connectivity index (χ0) is 15.6. The summed E-state index contributed by atoms with van der Waals surface area (Å²) in [4.78, 5) is 12.0. The largest absolute Gasteiger partial charge is 0.384 e. The number of amides is 1. The van der Waals surface area contributed by atoms with Gasteiger partial charge in [0.2, 0.25) is 5.91 Å². The van der Waals surface area contributed by atoms with Crippen LogP contribution in [0, 0.1) is 0 Å². The minimum Gasteiger partial charge on any atom is -0.384 e. The Bertz CT molecular complexity index is 623. The van der Waals surface area contributed by atoms with E-state index < -0.39 is 5.60 Å². The number of nitrogens with one attached hydrogen (secondary N) is 1. The molecule has 0 saturated heterocycles. The Hall–Kier alpha value is -2.22. The predicted octanol–water partition coefficient (Wildman–Crippen LogP) is 0.922. The van der Waals surface area contributed by atoms with Crippen LogP contribution in [0.4, 0.5) is 5.82 Å². The van der Waals surface area contributed by atoms with Gasteiger partial charge in [0.1, 0.15) is 23.7 Å². The molecule has 0 aliphatic heterocycles. The van der Waals surface area contributed by atoms with E-state index in [1.54, 1.807) is 37.0 Å². The molecule has 8 heteroatoms. The second-order valence-corrected chi connectivity index (χ2v) is 5.66. The van der Waals surface area contributed by atoms with Gasteiger partial charge in [0.05, 0.1) is 12.4 Å². The summed E-state index contributed by atoms with van der Waals surface area (Å²) in [6.07, 6.45) is 3.19. The third-order valence-corrected chi connectivity index (χ3v) is 2.90. The number of rotatable bonds is 5. The van der Waals surface area contributed by atoms with Gasteiger partial charge in [0.25, 0.3) is 0 Å². The minimum absolute atomic E-state index is 0.0202. The van der Waals surface area contributed by atoms with E-state index in [-0.39, 0.29) is 18.5 Å². The van der Waals surface area contributed by atoms with Crippen LogP contribution in [0.5, 0.6) is 0 Å². The van der Waals surface area contributed by atoms with E-state index in [2.05, 4.69) is 20.7 Å². The Balaban J connectivity index is 2.02. The summed E-state index contributed by atoms with van der Waals surface area (Å²) >= 11 is 0. The summed E-state index contributed by atoms with van der Waals surface area (Å²) in [6, 6.07) is 1.89. The lowest BCUT2D eigenvalue weighted by atomic mass is 10.1. The van der Waals surface area contributed by atoms with Gasteiger partial charge in [0, 0.05) is 12.1 Å². The fourth-order valence-corrected chi connectivity index (χ4v) is 1.81. The third-order valence-electron chi connectivity index (χ3n) is 2.90. The highest BCUT2D eigenvalue weighted by atomic mass is 16.3. The van der Waals surface area contributed by atoms with Crippen molar-refractivity contribution in [2.45, 2.75) is 45.9 Å². The van der Waals surface area contributed by atoms with E-state index in [0.717, 1.165) is 0 Å². The second-order valence-electron chi connectivity index (χ2n) is 5.66. The van der Waals surface area contributed by atoms with Gasteiger partial charge >= 0.3 is 0 Å². The van der Waals surface area contributed by atoms with Crippen LogP contribution in [0.25, 0.3) is 0 Å². The van der Waals surface area contributed by atoms with Crippen molar-refractivity contribution in [1.29, 1.82) is 0 Å². The monoisotopic (exact) mass is 292 g/mol. The van der Waals surface area contributed by atoms with Crippen LogP contribution in [0.2, 0.25) is 0 Å². The van der Waals surface area contributed by atoms with E-state index in [9.17, 15) is 9.90 Å². The van der Waals surface area contributed by atoms with Crippen molar-refractivity contribution < 1.29 is 9.90 Å². The maximum Gasteiger partial charge on any atom is 0.247 e. The number of carbonyl (C=O) groups excluding carboxylic acids is 1. The van der Waals surface area contributed by atoms with Crippen molar-refractivity contribution in [2.24, 2.45) is 0 Å². The second kappa shape index (κ2) is 5.65. The topological polar surface area (TPSA) is 97.9 Å². The summed E-state index contributed by atoms with van der Waals surface area (Å²) in [7, 11) is 0. The molecule has 2 heterocycles. The molecule has 21 heavy (non-hydrogen) atoms. The van der Waals surface area contributed by atoms with E-state index >= 15 is 0 Å². The molecule has 0 bridgehead atoms. The minimum atomic E-state index is -1.08. The number of hydrogen-bond acceptors (Lipinski definition) is 5. The van der Waals surface area contributed by atoms with E-state index in [1.165, 1.54) is 4.68 Å². The Kier molecular flexibility index (Phi) is 4.08. The molecule has 2 rings (SSSR count). The van der Waals surface area contributed by atoms with Gasteiger partial charge in [-0.3, -0.25) is 4.79 Å². The van der Waals surface area contributed by atoms with E-state index in [4.69, 9.17) is 0 Å². The maximum atomic E-state index is 12.0. The highest BCUT2D eigenvalue weighted by Gasteiger charge is 2.20. The van der Waals surface area contributed by atoms with Crippen molar-refractivity contribution >= 4 is 11.7 Å². The molecule has 1 amide bonds. The zero-order valence-electron chi connectivity index (χ0n) is 12.6. The maximum absolute atomic E-state index is 12.0. The van der Waals surface area contributed by atoms with Gasteiger partial charge in [-0.2, -0.15) is 5.10 Å². The van der Waals surface area contributed by atoms with E-state index in [0.29, 0.717) is 11.5 Å². The van der Waals surface area contributed by atoms with Crippen molar-refractivity contribution in [3.8, 4) is 0 Å². The molecule has 0 atom stereocenters. The van der Waals surface area contributed by atoms with Crippen LogP contribution >= 0.6 is 0 Å². The SMILES string of the molecule is CC(C)n1nccc1NC(=O)Cn1cc(C(C)(C)O)nn1. The van der Waals surface area contributed by atoms with Crippen molar-refractivity contribution in [3.63, 3.8) is 0 Å². The van der Waals surface area contributed by atoms with Gasteiger partial charge < -0.3 is 10.4 Å². The van der Waals surface area contributed by atoms with Gasteiger partial charge in [-0.15, -0.1) is 5.10 Å². The molecule has 2 aromatic rings. The number of aliphatic hydroxyl groups is 1. The quantitative estimate of drug-likeness (QED) is 0.854. The number of hydrogen-bond donors (Lipinski definition) is 2. The normalized spacial score (nSPS) is 11.9. The number of aromatic nitrogens is 5. The fraction of sp³-hybridized carbons (Fsp3) is 0.538. The van der Waals surface area contributed by atoms with Crippen molar-refractivity contribution in [3.05, 3.63) is 24.2 Å². The Morgan fingerprint density at radius 2 is 2.19 bits per heavy atom. The number of anilines is 1. The fourth-order valence-electron chi connectivity index (χ4n) is 1.81. The lowest BCUT2D eigenvalue weighted by Crippen LogP contribution is -2.21. The smallest absolute Gasteiger partial charge is 0.247 e. The van der Waals surface area contributed by atoms with Crippen molar-refractivity contribution in [2.75, 3.05) is 5.32 Å². The molecule has 0 radical (unpaired) electrons. The van der Waals surface area contributed by atoms with Gasteiger partial charge in [-0.1, -0.05) is 5.21 Å². The first-order valence-corrected chi connectivity index (χ1v) is 6.73. The molecular formula is C13H20N6O2. The zero-order valence-corrected chi connectivity index (χ0v) is 12.6. The molecule has 0 fully saturated rings. The first-order chi connectivity index (χ1) is 9.77. The summed E-state index contributed by atoms with van der Waals surface area (Å²) in [5.74, 6) is 0.405. The van der Waals surface area contributed by atoms with Gasteiger partial charge in [-0.25, -0.2) is 9.36 Å². The molecule has 0 spiro atoms. The highest BCUT2D eigenvalue weighted by molar-refractivity contribution is 5.89. The summed E-state index contributed by atoms with van der Waals surface area (Å²) < 4.78 is 3.11. The number of carbonyl (C=O) groups is 1. The Morgan fingerprint density at radius 3 is 2.76 bits per heavy atom. The lowest BCUT2D eigenvalue weighted by Gasteiger charge is -2.12. The Morgan fingerprint density at radius 1 is 1.48 bits per heavy atom. The molecule has 114 valence electrons. The van der Waals surface area contributed by atoms with Crippen molar-refractivity contribution in [1.82, 2.24) is 24.8 Å². The van der Waals surface area contributed by atoms with Crippen LogP contribution in [0.3, 0.4) is 0 Å².